The maximum absolute atomic E-state index is 5.05. The van der Waals surface area contributed by atoms with Gasteiger partial charge in [-0.25, -0.2) is 0 Å². The zero-order valence-corrected chi connectivity index (χ0v) is 10.4. The standard InChI is InChI=1S/C9H19NO.C3H8/c1-9-5-3-4-6-10(9)7-8-11-2;1-3-2/h9H,3-8H2,1-2H3;3H2,1-2H3. The molecule has 0 bridgehead atoms. The molecule has 1 heterocycles. The molecule has 86 valence electrons. The van der Waals surface area contributed by atoms with Crippen LogP contribution in [0.4, 0.5) is 0 Å². The average Bonchev–Trinajstić information content (AvgIpc) is 2.18. The molecule has 1 atom stereocenters. The van der Waals surface area contributed by atoms with Crippen LogP contribution >= 0.6 is 0 Å². The number of hydrogen-bond donors (Lipinski definition) is 0. The van der Waals surface area contributed by atoms with Gasteiger partial charge in [-0.3, -0.25) is 4.90 Å². The average molecular weight is 201 g/mol. The van der Waals surface area contributed by atoms with E-state index in [4.69, 9.17) is 4.74 Å². The van der Waals surface area contributed by atoms with E-state index in [1.807, 2.05) is 0 Å². The largest absolute Gasteiger partial charge is 0.383 e. The SMILES string of the molecule is CCC.COCCN1CCCCC1C. The van der Waals surface area contributed by atoms with E-state index in [2.05, 4.69) is 25.7 Å². The highest BCUT2D eigenvalue weighted by Gasteiger charge is 2.16. The van der Waals surface area contributed by atoms with Crippen molar-refractivity contribution >= 4 is 0 Å². The Morgan fingerprint density at radius 2 is 1.93 bits per heavy atom. The lowest BCUT2D eigenvalue weighted by Crippen LogP contribution is -2.39. The Morgan fingerprint density at radius 1 is 1.29 bits per heavy atom. The summed E-state index contributed by atoms with van der Waals surface area (Å²) in [6.45, 7) is 9.82. The molecule has 0 N–H and O–H groups in total. The Bertz CT molecular complexity index is 117. The van der Waals surface area contributed by atoms with Gasteiger partial charge >= 0.3 is 0 Å². The molecule has 0 aromatic heterocycles. The molecule has 0 aliphatic carbocycles. The third kappa shape index (κ3) is 6.39. The summed E-state index contributed by atoms with van der Waals surface area (Å²) in [5.74, 6) is 0. The zero-order valence-electron chi connectivity index (χ0n) is 10.4. The Balaban J connectivity index is 0.000000500. The first kappa shape index (κ1) is 13.9. The van der Waals surface area contributed by atoms with Crippen LogP contribution in [0.25, 0.3) is 0 Å². The van der Waals surface area contributed by atoms with Crippen LogP contribution in [0.1, 0.15) is 46.5 Å². The molecule has 1 fully saturated rings. The van der Waals surface area contributed by atoms with Gasteiger partial charge in [0.25, 0.3) is 0 Å². The molecule has 0 spiro atoms. The maximum Gasteiger partial charge on any atom is 0.0589 e. The van der Waals surface area contributed by atoms with Gasteiger partial charge < -0.3 is 4.74 Å². The predicted molar refractivity (Wildman–Crippen MR) is 62.7 cm³/mol. The van der Waals surface area contributed by atoms with Crippen LogP contribution in [-0.4, -0.2) is 37.7 Å². The minimum atomic E-state index is 0.777. The highest BCUT2D eigenvalue weighted by atomic mass is 16.5. The number of ether oxygens (including phenoxy) is 1. The van der Waals surface area contributed by atoms with E-state index in [1.54, 1.807) is 7.11 Å². The summed E-state index contributed by atoms with van der Waals surface area (Å²) in [5, 5.41) is 0. The molecule has 1 saturated heterocycles. The fourth-order valence-corrected chi connectivity index (χ4v) is 1.70. The van der Waals surface area contributed by atoms with Crippen LogP contribution in [0.3, 0.4) is 0 Å². The van der Waals surface area contributed by atoms with Crippen molar-refractivity contribution in [2.24, 2.45) is 0 Å². The van der Waals surface area contributed by atoms with E-state index in [0.717, 1.165) is 19.2 Å². The van der Waals surface area contributed by atoms with Crippen molar-refractivity contribution in [3.05, 3.63) is 0 Å². The second-order valence-corrected chi connectivity index (χ2v) is 4.08. The molecule has 1 aliphatic rings. The van der Waals surface area contributed by atoms with Gasteiger partial charge in [0.2, 0.25) is 0 Å². The van der Waals surface area contributed by atoms with Crippen LogP contribution in [-0.2, 0) is 4.74 Å². The first-order valence-corrected chi connectivity index (χ1v) is 5.99. The second-order valence-electron chi connectivity index (χ2n) is 4.08. The van der Waals surface area contributed by atoms with Crippen molar-refractivity contribution in [3.8, 4) is 0 Å². The first-order valence-electron chi connectivity index (χ1n) is 5.99. The number of hydrogen-bond acceptors (Lipinski definition) is 2. The molecule has 2 heteroatoms. The van der Waals surface area contributed by atoms with Gasteiger partial charge in [-0.1, -0.05) is 26.7 Å². The van der Waals surface area contributed by atoms with Crippen LogP contribution in [0.15, 0.2) is 0 Å². The van der Waals surface area contributed by atoms with Crippen LogP contribution in [0, 0.1) is 0 Å². The normalized spacial score (nSPS) is 22.7. The van der Waals surface area contributed by atoms with Crippen molar-refractivity contribution in [1.82, 2.24) is 4.90 Å². The summed E-state index contributed by atoms with van der Waals surface area (Å²) in [7, 11) is 1.77. The quantitative estimate of drug-likeness (QED) is 0.696. The number of methoxy groups -OCH3 is 1. The first-order chi connectivity index (χ1) is 6.76. The molecule has 0 saturated carbocycles. The van der Waals surface area contributed by atoms with E-state index in [1.165, 1.54) is 32.2 Å². The monoisotopic (exact) mass is 201 g/mol. The van der Waals surface area contributed by atoms with E-state index >= 15 is 0 Å². The predicted octanol–water partition coefficient (Wildman–Crippen LogP) is 2.92. The zero-order chi connectivity index (χ0) is 10.8. The van der Waals surface area contributed by atoms with Crippen LogP contribution < -0.4 is 0 Å². The van der Waals surface area contributed by atoms with Gasteiger partial charge in [-0.15, -0.1) is 0 Å². The smallest absolute Gasteiger partial charge is 0.0589 e. The molecule has 1 rings (SSSR count). The van der Waals surface area contributed by atoms with Gasteiger partial charge in [-0.2, -0.15) is 0 Å². The molecular weight excluding hydrogens is 174 g/mol. The van der Waals surface area contributed by atoms with E-state index in [9.17, 15) is 0 Å². The molecule has 1 aliphatic heterocycles. The molecule has 2 nitrogen and oxygen atoms in total. The fourth-order valence-electron chi connectivity index (χ4n) is 1.70. The number of rotatable bonds is 3. The summed E-state index contributed by atoms with van der Waals surface area (Å²) < 4.78 is 5.05. The van der Waals surface area contributed by atoms with Crippen molar-refractivity contribution in [1.29, 1.82) is 0 Å². The minimum absolute atomic E-state index is 0.777. The van der Waals surface area contributed by atoms with Crippen molar-refractivity contribution < 1.29 is 4.74 Å². The van der Waals surface area contributed by atoms with Gasteiger partial charge in [0.05, 0.1) is 6.61 Å². The maximum atomic E-state index is 5.05. The topological polar surface area (TPSA) is 12.5 Å². The van der Waals surface area contributed by atoms with Crippen molar-refractivity contribution in [3.63, 3.8) is 0 Å². The lowest BCUT2D eigenvalue weighted by Gasteiger charge is -2.32. The van der Waals surface area contributed by atoms with Crippen LogP contribution in [0.5, 0.6) is 0 Å². The summed E-state index contributed by atoms with van der Waals surface area (Å²) in [6.07, 6.45) is 5.39. The Morgan fingerprint density at radius 3 is 2.43 bits per heavy atom. The van der Waals surface area contributed by atoms with Gasteiger partial charge in [0.15, 0.2) is 0 Å². The third-order valence-corrected chi connectivity index (χ3v) is 2.52. The van der Waals surface area contributed by atoms with E-state index in [0.29, 0.717) is 0 Å². The molecule has 0 amide bonds. The lowest BCUT2D eigenvalue weighted by atomic mass is 10.0. The Hall–Kier alpha value is -0.0800. The highest BCUT2D eigenvalue weighted by molar-refractivity contribution is 4.72. The Labute approximate surface area is 89.6 Å². The van der Waals surface area contributed by atoms with E-state index in [-0.39, 0.29) is 0 Å². The van der Waals surface area contributed by atoms with Gasteiger partial charge in [0.1, 0.15) is 0 Å². The summed E-state index contributed by atoms with van der Waals surface area (Å²) in [4.78, 5) is 2.52. The van der Waals surface area contributed by atoms with Gasteiger partial charge in [-0.05, 0) is 26.3 Å². The number of piperidine rings is 1. The second kappa shape index (κ2) is 9.47. The highest BCUT2D eigenvalue weighted by Crippen LogP contribution is 2.15. The molecule has 14 heavy (non-hydrogen) atoms. The van der Waals surface area contributed by atoms with Crippen LogP contribution in [0.2, 0.25) is 0 Å². The molecular formula is C12H27NO. The minimum Gasteiger partial charge on any atom is -0.383 e. The lowest BCUT2D eigenvalue weighted by molar-refractivity contribution is 0.103. The molecule has 1 unspecified atom stereocenters. The van der Waals surface area contributed by atoms with Gasteiger partial charge in [0, 0.05) is 19.7 Å². The van der Waals surface area contributed by atoms with Crippen molar-refractivity contribution in [2.75, 3.05) is 26.8 Å². The fraction of sp³-hybridized carbons (Fsp3) is 1.00. The third-order valence-electron chi connectivity index (χ3n) is 2.52. The number of likely N-dealkylation sites (tertiary alicyclic amines) is 1. The summed E-state index contributed by atoms with van der Waals surface area (Å²) >= 11 is 0. The molecule has 0 radical (unpaired) electrons. The molecule has 0 aromatic carbocycles. The number of nitrogens with zero attached hydrogens (tertiary/aromatic N) is 1. The Kier molecular flexibility index (Phi) is 9.42. The van der Waals surface area contributed by atoms with E-state index < -0.39 is 0 Å². The molecule has 0 aromatic rings. The van der Waals surface area contributed by atoms with Crippen molar-refractivity contribution in [2.45, 2.75) is 52.5 Å². The summed E-state index contributed by atoms with van der Waals surface area (Å²) in [5.41, 5.74) is 0. The summed E-state index contributed by atoms with van der Waals surface area (Å²) in [6, 6.07) is 0.777.